The molecule has 7 nitrogen and oxygen atoms in total. The van der Waals surface area contributed by atoms with Gasteiger partial charge in [-0.1, -0.05) is 0 Å². The van der Waals surface area contributed by atoms with Crippen molar-refractivity contribution in [2.45, 2.75) is 6.54 Å². The van der Waals surface area contributed by atoms with Crippen molar-refractivity contribution in [3.05, 3.63) is 27.0 Å². The second-order valence-electron chi connectivity index (χ2n) is 2.91. The molecule has 0 saturated heterocycles. The van der Waals surface area contributed by atoms with Crippen LogP contribution in [0.2, 0.25) is 0 Å². The maximum atomic E-state index is 11.2. The largest absolute Gasteiger partial charge is 0.347 e. The fourth-order valence-electron chi connectivity index (χ4n) is 0.788. The first-order chi connectivity index (χ1) is 6.52. The van der Waals surface area contributed by atoms with Crippen molar-refractivity contribution in [1.82, 2.24) is 19.7 Å². The monoisotopic (exact) mass is 198 g/mol. The zero-order valence-electron chi connectivity index (χ0n) is 7.85. The quantitative estimate of drug-likeness (QED) is 0.558. The predicted molar refractivity (Wildman–Crippen MR) is 47.8 cm³/mol. The molecule has 1 amide bonds. The van der Waals surface area contributed by atoms with Crippen LogP contribution in [-0.2, 0) is 11.3 Å². The summed E-state index contributed by atoms with van der Waals surface area (Å²) < 4.78 is 0.959. The fourth-order valence-corrected chi connectivity index (χ4v) is 0.788. The standard InChI is InChI=1S/C7H10N4O3/c1-10(2)5(12)3-11-4-8-9-6(13)7(11)14/h4H,3H2,1-2H3,(H,9,13). The van der Waals surface area contributed by atoms with E-state index in [-0.39, 0.29) is 12.5 Å². The molecular formula is C7H10N4O3. The molecule has 0 radical (unpaired) electrons. The molecule has 1 rings (SSSR count). The number of aromatic amines is 1. The number of H-pyrrole nitrogens is 1. The highest BCUT2D eigenvalue weighted by Gasteiger charge is 2.07. The molecule has 76 valence electrons. The van der Waals surface area contributed by atoms with Crippen LogP contribution in [0, 0.1) is 0 Å². The number of carbonyl (C=O) groups is 1. The molecule has 0 atom stereocenters. The Balaban J connectivity index is 2.99. The number of rotatable bonds is 2. The first-order valence-corrected chi connectivity index (χ1v) is 3.86. The van der Waals surface area contributed by atoms with Crippen molar-refractivity contribution in [1.29, 1.82) is 0 Å². The number of likely N-dealkylation sites (N-methyl/N-ethyl adjacent to an activating group) is 1. The number of hydrogen-bond acceptors (Lipinski definition) is 4. The SMILES string of the molecule is CN(C)C(=O)Cn1cn[nH]c(=O)c1=O. The van der Waals surface area contributed by atoms with Gasteiger partial charge in [-0.15, -0.1) is 0 Å². The lowest BCUT2D eigenvalue weighted by atomic mass is 10.5. The normalized spacial score (nSPS) is 9.86. The van der Waals surface area contributed by atoms with Crippen molar-refractivity contribution in [3.8, 4) is 0 Å². The molecule has 14 heavy (non-hydrogen) atoms. The average Bonchev–Trinajstić information content (AvgIpc) is 2.12. The van der Waals surface area contributed by atoms with Gasteiger partial charge in [0.15, 0.2) is 0 Å². The van der Waals surface area contributed by atoms with Gasteiger partial charge < -0.3 is 4.90 Å². The maximum absolute atomic E-state index is 11.2. The van der Waals surface area contributed by atoms with E-state index in [1.807, 2.05) is 5.10 Å². The fraction of sp³-hybridized carbons (Fsp3) is 0.429. The maximum Gasteiger partial charge on any atom is 0.330 e. The van der Waals surface area contributed by atoms with Crippen LogP contribution in [0.5, 0.6) is 0 Å². The van der Waals surface area contributed by atoms with Crippen LogP contribution in [0.1, 0.15) is 0 Å². The molecule has 0 aromatic carbocycles. The molecule has 0 saturated carbocycles. The number of nitrogens with zero attached hydrogens (tertiary/aromatic N) is 3. The van der Waals surface area contributed by atoms with Gasteiger partial charge in [-0.25, -0.2) is 5.10 Å². The van der Waals surface area contributed by atoms with Crippen molar-refractivity contribution >= 4 is 5.91 Å². The third-order valence-corrected chi connectivity index (χ3v) is 1.62. The van der Waals surface area contributed by atoms with Gasteiger partial charge in [0.05, 0.1) is 0 Å². The predicted octanol–water partition coefficient (Wildman–Crippen LogP) is -1.98. The second-order valence-corrected chi connectivity index (χ2v) is 2.91. The van der Waals surface area contributed by atoms with Gasteiger partial charge in [0, 0.05) is 14.1 Å². The van der Waals surface area contributed by atoms with E-state index < -0.39 is 11.1 Å². The van der Waals surface area contributed by atoms with Gasteiger partial charge in [-0.05, 0) is 0 Å². The molecular weight excluding hydrogens is 188 g/mol. The number of carbonyl (C=O) groups excluding carboxylic acids is 1. The van der Waals surface area contributed by atoms with Crippen LogP contribution < -0.4 is 11.1 Å². The third-order valence-electron chi connectivity index (χ3n) is 1.62. The van der Waals surface area contributed by atoms with E-state index in [4.69, 9.17) is 0 Å². The first kappa shape index (κ1) is 10.2. The molecule has 0 aliphatic rings. The summed E-state index contributed by atoms with van der Waals surface area (Å²) in [6.07, 6.45) is 1.12. The summed E-state index contributed by atoms with van der Waals surface area (Å²) in [7, 11) is 3.13. The van der Waals surface area contributed by atoms with Crippen LogP contribution in [0.3, 0.4) is 0 Å². The van der Waals surface area contributed by atoms with Gasteiger partial charge in [0.25, 0.3) is 0 Å². The molecule has 1 N–H and O–H groups in total. The minimum atomic E-state index is -0.834. The Morgan fingerprint density at radius 1 is 1.57 bits per heavy atom. The molecule has 7 heteroatoms. The van der Waals surface area contributed by atoms with Crippen molar-refractivity contribution < 1.29 is 4.79 Å². The minimum Gasteiger partial charge on any atom is -0.347 e. The average molecular weight is 198 g/mol. The Morgan fingerprint density at radius 3 is 2.79 bits per heavy atom. The van der Waals surface area contributed by atoms with Crippen molar-refractivity contribution in [2.24, 2.45) is 0 Å². The highest BCUT2D eigenvalue weighted by molar-refractivity contribution is 5.75. The third kappa shape index (κ3) is 2.06. The molecule has 0 bridgehead atoms. The van der Waals surface area contributed by atoms with E-state index in [0.29, 0.717) is 0 Å². The van der Waals surface area contributed by atoms with Crippen LogP contribution in [0.25, 0.3) is 0 Å². The summed E-state index contributed by atoms with van der Waals surface area (Å²) >= 11 is 0. The van der Waals surface area contributed by atoms with Gasteiger partial charge in [0.2, 0.25) is 5.91 Å². The summed E-state index contributed by atoms with van der Waals surface area (Å²) in [6.45, 7) is -0.178. The van der Waals surface area contributed by atoms with Gasteiger partial charge in [0.1, 0.15) is 12.9 Å². The van der Waals surface area contributed by atoms with Gasteiger partial charge >= 0.3 is 11.1 Å². The van der Waals surface area contributed by atoms with E-state index in [0.717, 1.165) is 10.9 Å². The van der Waals surface area contributed by atoms with Crippen molar-refractivity contribution in [3.63, 3.8) is 0 Å². The lowest BCUT2D eigenvalue weighted by Crippen LogP contribution is -2.40. The van der Waals surface area contributed by atoms with E-state index in [2.05, 4.69) is 5.10 Å². The summed E-state index contributed by atoms with van der Waals surface area (Å²) in [6, 6.07) is 0. The number of nitrogens with one attached hydrogen (secondary N) is 1. The smallest absolute Gasteiger partial charge is 0.330 e. The highest BCUT2D eigenvalue weighted by Crippen LogP contribution is 1.82. The number of amides is 1. The van der Waals surface area contributed by atoms with E-state index in [9.17, 15) is 14.4 Å². The van der Waals surface area contributed by atoms with Gasteiger partial charge in [-0.3, -0.25) is 19.0 Å². The highest BCUT2D eigenvalue weighted by atomic mass is 16.2. The molecule has 0 unspecified atom stereocenters. The molecule has 0 aliphatic carbocycles. The Morgan fingerprint density at radius 2 is 2.21 bits per heavy atom. The molecule has 0 aliphatic heterocycles. The van der Waals surface area contributed by atoms with Crippen molar-refractivity contribution in [2.75, 3.05) is 14.1 Å². The van der Waals surface area contributed by atoms with Crippen LogP contribution in [0.4, 0.5) is 0 Å². The Kier molecular flexibility index (Phi) is 2.80. The molecule has 1 heterocycles. The molecule has 0 fully saturated rings. The van der Waals surface area contributed by atoms with Crippen LogP contribution in [-0.4, -0.2) is 39.7 Å². The van der Waals surface area contributed by atoms with Crippen LogP contribution >= 0.6 is 0 Å². The number of aromatic nitrogens is 3. The molecule has 0 spiro atoms. The molecule has 1 aromatic heterocycles. The zero-order valence-corrected chi connectivity index (χ0v) is 7.85. The van der Waals surface area contributed by atoms with E-state index >= 15 is 0 Å². The van der Waals surface area contributed by atoms with Crippen LogP contribution in [0.15, 0.2) is 15.9 Å². The Hall–Kier alpha value is -1.92. The second kappa shape index (κ2) is 3.86. The van der Waals surface area contributed by atoms with Gasteiger partial charge in [-0.2, -0.15) is 5.10 Å². The number of hydrogen-bond donors (Lipinski definition) is 1. The van der Waals surface area contributed by atoms with E-state index in [1.54, 1.807) is 14.1 Å². The summed E-state index contributed by atoms with van der Waals surface area (Å²) in [5, 5.41) is 5.39. The Labute approximate surface area is 79.0 Å². The summed E-state index contributed by atoms with van der Waals surface area (Å²) in [5.41, 5.74) is -1.62. The lowest BCUT2D eigenvalue weighted by Gasteiger charge is -2.10. The zero-order chi connectivity index (χ0) is 10.7. The first-order valence-electron chi connectivity index (χ1n) is 3.86. The summed E-state index contributed by atoms with van der Waals surface area (Å²) in [5.74, 6) is -0.278. The Bertz CT molecular complexity index is 445. The molecule has 1 aromatic rings. The minimum absolute atomic E-state index is 0.178. The lowest BCUT2D eigenvalue weighted by molar-refractivity contribution is -0.129. The van der Waals surface area contributed by atoms with E-state index in [1.165, 1.54) is 4.90 Å². The topological polar surface area (TPSA) is 88.1 Å². The summed E-state index contributed by atoms with van der Waals surface area (Å²) in [4.78, 5) is 34.5.